The fraction of sp³-hybridized carbons (Fsp3) is 0.292. The van der Waals surface area contributed by atoms with Crippen LogP contribution in [0.4, 0.5) is 5.69 Å². The number of hydrogen-bond acceptors (Lipinski definition) is 5. The number of anilines is 1. The number of ether oxygens (including phenoxy) is 1. The normalized spacial score (nSPS) is 12.1. The molecule has 0 aliphatic rings. The van der Waals surface area contributed by atoms with Crippen LogP contribution in [0.25, 0.3) is 10.9 Å². The van der Waals surface area contributed by atoms with Crippen LogP contribution >= 0.6 is 15.9 Å². The largest absolute Gasteiger partial charge is 0.480 e. The van der Waals surface area contributed by atoms with Gasteiger partial charge >= 0.3 is 0 Å². The van der Waals surface area contributed by atoms with Gasteiger partial charge in [-0.2, -0.15) is 9.78 Å². The van der Waals surface area contributed by atoms with Crippen LogP contribution in [0.5, 0.6) is 5.75 Å². The highest BCUT2D eigenvalue weighted by molar-refractivity contribution is 9.10. The first-order valence-electron chi connectivity index (χ1n) is 9.99. The minimum absolute atomic E-state index is 0.0613. The molecule has 0 fully saturated rings. The highest BCUT2D eigenvalue weighted by Gasteiger charge is 2.16. The molecule has 0 saturated heterocycles. The van der Waals surface area contributed by atoms with Gasteiger partial charge in [0.25, 0.3) is 5.56 Å². The minimum Gasteiger partial charge on any atom is -0.480 e. The molecule has 0 aliphatic carbocycles. The summed E-state index contributed by atoms with van der Waals surface area (Å²) in [7, 11) is 3.90. The van der Waals surface area contributed by atoms with Crippen molar-refractivity contribution in [3.05, 3.63) is 62.6 Å². The van der Waals surface area contributed by atoms with Crippen LogP contribution in [0, 0.1) is 12.3 Å². The van der Waals surface area contributed by atoms with Crippen molar-refractivity contribution in [3.8, 4) is 18.1 Å². The smallest absolute Gasteiger partial charge is 0.282 e. The average Bonchev–Trinajstić information content (AvgIpc) is 2.76. The third-order valence-corrected chi connectivity index (χ3v) is 5.52. The summed E-state index contributed by atoms with van der Waals surface area (Å²) in [6, 6.07) is 11.2. The number of nitrogens with zero attached hydrogens (tertiary/aromatic N) is 4. The monoisotopic (exact) mass is 480 g/mol. The van der Waals surface area contributed by atoms with Gasteiger partial charge in [-0.05, 0) is 36.8 Å². The van der Waals surface area contributed by atoms with E-state index in [-0.39, 0.29) is 18.1 Å². The van der Waals surface area contributed by atoms with Crippen molar-refractivity contribution >= 4 is 38.7 Å². The zero-order valence-corrected chi connectivity index (χ0v) is 19.7. The molecule has 1 atom stereocenters. The van der Waals surface area contributed by atoms with E-state index >= 15 is 0 Å². The van der Waals surface area contributed by atoms with E-state index in [4.69, 9.17) is 16.1 Å². The number of halogens is 1. The maximum Gasteiger partial charge on any atom is 0.282 e. The van der Waals surface area contributed by atoms with Crippen molar-refractivity contribution < 1.29 is 4.74 Å². The summed E-state index contributed by atoms with van der Waals surface area (Å²) in [5.74, 6) is 3.76. The zero-order valence-electron chi connectivity index (χ0n) is 18.1. The Morgan fingerprint density at radius 3 is 2.77 bits per heavy atom. The maximum atomic E-state index is 13.3. The van der Waals surface area contributed by atoms with Crippen LogP contribution in [0.1, 0.15) is 37.6 Å². The van der Waals surface area contributed by atoms with Crippen molar-refractivity contribution in [3.63, 3.8) is 0 Å². The first-order valence-corrected chi connectivity index (χ1v) is 10.8. The van der Waals surface area contributed by atoms with Crippen molar-refractivity contribution in [1.29, 1.82) is 0 Å². The Morgan fingerprint density at radius 1 is 1.32 bits per heavy atom. The molecule has 0 bridgehead atoms. The Kier molecular flexibility index (Phi) is 7.13. The van der Waals surface area contributed by atoms with E-state index in [1.165, 1.54) is 4.68 Å². The van der Waals surface area contributed by atoms with E-state index in [1.807, 2.05) is 56.3 Å². The topological polar surface area (TPSA) is 59.7 Å². The molecule has 1 aromatic heterocycles. The van der Waals surface area contributed by atoms with Crippen molar-refractivity contribution in [1.82, 2.24) is 9.66 Å². The Labute approximate surface area is 190 Å². The van der Waals surface area contributed by atoms with Crippen molar-refractivity contribution in [2.24, 2.45) is 5.10 Å². The number of rotatable bonds is 7. The Bertz CT molecular complexity index is 1220. The van der Waals surface area contributed by atoms with Gasteiger partial charge in [-0.25, -0.2) is 4.98 Å². The Hall–Kier alpha value is -3.11. The molecule has 0 spiro atoms. The summed E-state index contributed by atoms with van der Waals surface area (Å²) >= 11 is 3.43. The molecule has 0 radical (unpaired) electrons. The third kappa shape index (κ3) is 4.97. The molecule has 3 aromatic rings. The Balaban J connectivity index is 2.15. The molecule has 31 heavy (non-hydrogen) atoms. The average molecular weight is 481 g/mol. The SMILES string of the molecule is C#CCOc1cc(N(C)C)ccc1C=Nn1c([C@@H](C)CC)nc2ccc(Br)cc2c1=O. The van der Waals surface area contributed by atoms with Crippen LogP contribution in [-0.2, 0) is 0 Å². The second-order valence-corrected chi connectivity index (χ2v) is 8.33. The second-order valence-electron chi connectivity index (χ2n) is 7.41. The maximum absolute atomic E-state index is 13.3. The van der Waals surface area contributed by atoms with Gasteiger partial charge in [0, 0.05) is 41.8 Å². The minimum atomic E-state index is -0.214. The predicted molar refractivity (Wildman–Crippen MR) is 130 cm³/mol. The molecule has 0 saturated carbocycles. The third-order valence-electron chi connectivity index (χ3n) is 5.02. The fourth-order valence-corrected chi connectivity index (χ4v) is 3.41. The van der Waals surface area contributed by atoms with Crippen LogP contribution in [-0.4, -0.2) is 36.6 Å². The van der Waals surface area contributed by atoms with Crippen LogP contribution < -0.4 is 15.2 Å². The summed E-state index contributed by atoms with van der Waals surface area (Å²) in [5.41, 5.74) is 2.13. The van der Waals surface area contributed by atoms with Gasteiger partial charge in [-0.3, -0.25) is 4.79 Å². The molecule has 160 valence electrons. The predicted octanol–water partition coefficient (Wildman–Crippen LogP) is 4.63. The standard InChI is InChI=1S/C24H25BrN4O2/c1-6-12-31-22-14-19(28(4)5)10-8-17(22)15-26-29-23(16(3)7-2)27-21-11-9-18(25)13-20(21)24(29)30/h1,8-11,13-16H,7,12H2,2-5H3/t16-/m0/s1. The van der Waals surface area contributed by atoms with Gasteiger partial charge in [0.15, 0.2) is 0 Å². The highest BCUT2D eigenvalue weighted by atomic mass is 79.9. The van der Waals surface area contributed by atoms with E-state index < -0.39 is 0 Å². The van der Waals surface area contributed by atoms with Gasteiger partial charge in [0.05, 0.1) is 17.1 Å². The number of hydrogen-bond donors (Lipinski definition) is 0. The molecule has 0 N–H and O–H groups in total. The number of aromatic nitrogens is 2. The van der Waals surface area contributed by atoms with Crippen LogP contribution in [0.15, 0.2) is 50.8 Å². The van der Waals surface area contributed by atoms with Gasteiger partial charge in [0.1, 0.15) is 18.2 Å². The molecule has 1 heterocycles. The summed E-state index contributed by atoms with van der Waals surface area (Å²) in [6.45, 7) is 4.23. The molecule has 0 amide bonds. The molecule has 0 aliphatic heterocycles. The number of benzene rings is 2. The lowest BCUT2D eigenvalue weighted by Gasteiger charge is -2.16. The lowest BCUT2D eigenvalue weighted by Crippen LogP contribution is -2.23. The summed E-state index contributed by atoms with van der Waals surface area (Å²) < 4.78 is 7.91. The lowest BCUT2D eigenvalue weighted by atomic mass is 10.1. The van der Waals surface area contributed by atoms with Gasteiger partial charge in [-0.1, -0.05) is 35.7 Å². The molecular formula is C24H25BrN4O2. The van der Waals surface area contributed by atoms with Crippen LogP contribution in [0.3, 0.4) is 0 Å². The van der Waals surface area contributed by atoms with Gasteiger partial charge in [-0.15, -0.1) is 6.42 Å². The van der Waals surface area contributed by atoms with E-state index in [0.717, 1.165) is 22.1 Å². The lowest BCUT2D eigenvalue weighted by molar-refractivity contribution is 0.370. The molecule has 3 rings (SSSR count). The molecule has 2 aromatic carbocycles. The molecular weight excluding hydrogens is 456 g/mol. The van der Waals surface area contributed by atoms with E-state index in [1.54, 1.807) is 12.3 Å². The highest BCUT2D eigenvalue weighted by Crippen LogP contribution is 2.25. The molecule has 0 unspecified atom stereocenters. The van der Waals surface area contributed by atoms with E-state index in [9.17, 15) is 4.79 Å². The van der Waals surface area contributed by atoms with Gasteiger partial charge in [0.2, 0.25) is 0 Å². The summed E-state index contributed by atoms with van der Waals surface area (Å²) in [5, 5.41) is 5.03. The summed E-state index contributed by atoms with van der Waals surface area (Å²) in [6.07, 6.45) is 7.81. The quantitative estimate of drug-likeness (QED) is 0.365. The number of fused-ring (bicyclic) bond motifs is 1. The summed E-state index contributed by atoms with van der Waals surface area (Å²) in [4.78, 5) is 20.0. The second kappa shape index (κ2) is 9.80. The first kappa shape index (κ1) is 22.6. The van der Waals surface area contributed by atoms with E-state index in [0.29, 0.717) is 22.5 Å². The van der Waals surface area contributed by atoms with Crippen molar-refractivity contribution in [2.75, 3.05) is 25.6 Å². The van der Waals surface area contributed by atoms with Crippen molar-refractivity contribution in [2.45, 2.75) is 26.2 Å². The molecule has 6 nitrogen and oxygen atoms in total. The molecule has 7 heteroatoms. The Morgan fingerprint density at radius 2 is 2.10 bits per heavy atom. The zero-order chi connectivity index (χ0) is 22.5. The van der Waals surface area contributed by atoms with Crippen LogP contribution in [0.2, 0.25) is 0 Å². The number of terminal acetylenes is 1. The van der Waals surface area contributed by atoms with E-state index in [2.05, 4.69) is 33.9 Å². The van der Waals surface area contributed by atoms with Gasteiger partial charge < -0.3 is 9.64 Å². The fourth-order valence-electron chi connectivity index (χ4n) is 3.05. The first-order chi connectivity index (χ1) is 14.8.